The van der Waals surface area contributed by atoms with Gasteiger partial charge in [0.15, 0.2) is 11.5 Å². The van der Waals surface area contributed by atoms with Crippen molar-refractivity contribution in [1.82, 2.24) is 9.88 Å². The summed E-state index contributed by atoms with van der Waals surface area (Å²) in [6.07, 6.45) is 2.50. The SMILES string of the molecule is O=C(Nc1ccc(N2CCCN(C(=O)c3cccc(Br)c3)CC2)nc1)c1ccc2c(c1)OCO2. The molecule has 174 valence electrons. The zero-order chi connectivity index (χ0) is 23.5. The summed E-state index contributed by atoms with van der Waals surface area (Å²) in [5, 5.41) is 2.86. The first kappa shape index (κ1) is 22.2. The lowest BCUT2D eigenvalue weighted by Crippen LogP contribution is -2.35. The van der Waals surface area contributed by atoms with Gasteiger partial charge in [0.05, 0.1) is 11.9 Å². The van der Waals surface area contributed by atoms with Gasteiger partial charge in [0.2, 0.25) is 6.79 Å². The lowest BCUT2D eigenvalue weighted by atomic mass is 10.2. The second kappa shape index (κ2) is 9.72. The Morgan fingerprint density at radius 3 is 2.62 bits per heavy atom. The van der Waals surface area contributed by atoms with Crippen LogP contribution in [0.25, 0.3) is 0 Å². The van der Waals surface area contributed by atoms with Crippen LogP contribution in [0.1, 0.15) is 27.1 Å². The number of hydrogen-bond acceptors (Lipinski definition) is 6. The largest absolute Gasteiger partial charge is 0.454 e. The predicted octanol–water partition coefficient (Wildman–Crippen LogP) is 4.18. The van der Waals surface area contributed by atoms with Crippen LogP contribution in [0.4, 0.5) is 11.5 Å². The number of halogens is 1. The average molecular weight is 523 g/mol. The van der Waals surface area contributed by atoms with Crippen LogP contribution in [-0.2, 0) is 0 Å². The Balaban J connectivity index is 1.20. The molecular formula is C25H23BrN4O4. The normalized spacial score (nSPS) is 15.1. The number of rotatable bonds is 4. The number of aromatic nitrogens is 1. The van der Waals surface area contributed by atoms with Gasteiger partial charge >= 0.3 is 0 Å². The van der Waals surface area contributed by atoms with Crippen molar-refractivity contribution >= 4 is 39.2 Å². The molecule has 0 atom stereocenters. The van der Waals surface area contributed by atoms with Crippen LogP contribution < -0.4 is 19.7 Å². The van der Waals surface area contributed by atoms with Crippen molar-refractivity contribution < 1.29 is 19.1 Å². The highest BCUT2D eigenvalue weighted by atomic mass is 79.9. The third-order valence-corrected chi connectivity index (χ3v) is 6.31. The van der Waals surface area contributed by atoms with E-state index in [0.717, 1.165) is 23.3 Å². The third-order valence-electron chi connectivity index (χ3n) is 5.82. The van der Waals surface area contributed by atoms with Crippen molar-refractivity contribution in [3.63, 3.8) is 0 Å². The first-order chi connectivity index (χ1) is 16.6. The van der Waals surface area contributed by atoms with Crippen LogP contribution in [0.15, 0.2) is 65.3 Å². The fourth-order valence-electron chi connectivity index (χ4n) is 4.04. The maximum Gasteiger partial charge on any atom is 0.255 e. The van der Waals surface area contributed by atoms with Crippen molar-refractivity contribution in [1.29, 1.82) is 0 Å². The van der Waals surface area contributed by atoms with Crippen molar-refractivity contribution in [2.45, 2.75) is 6.42 Å². The quantitative estimate of drug-likeness (QED) is 0.553. The molecule has 0 bridgehead atoms. The lowest BCUT2D eigenvalue weighted by Gasteiger charge is -2.23. The van der Waals surface area contributed by atoms with E-state index in [-0.39, 0.29) is 18.6 Å². The molecule has 3 heterocycles. The first-order valence-electron chi connectivity index (χ1n) is 11.0. The molecule has 9 heteroatoms. The Hall–Kier alpha value is -3.59. The Morgan fingerprint density at radius 1 is 0.912 bits per heavy atom. The monoisotopic (exact) mass is 522 g/mol. The molecule has 2 aromatic carbocycles. The van der Waals surface area contributed by atoms with Crippen LogP contribution in [0.2, 0.25) is 0 Å². The zero-order valence-electron chi connectivity index (χ0n) is 18.4. The fraction of sp³-hybridized carbons (Fsp3) is 0.240. The summed E-state index contributed by atoms with van der Waals surface area (Å²) in [6, 6.07) is 16.3. The van der Waals surface area contributed by atoms with Crippen molar-refractivity contribution in [2.24, 2.45) is 0 Å². The highest BCUT2D eigenvalue weighted by Crippen LogP contribution is 2.32. The topological polar surface area (TPSA) is 84.0 Å². The van der Waals surface area contributed by atoms with Crippen molar-refractivity contribution in [2.75, 3.05) is 43.2 Å². The number of carbonyl (C=O) groups excluding carboxylic acids is 2. The van der Waals surface area contributed by atoms with E-state index >= 15 is 0 Å². The summed E-state index contributed by atoms with van der Waals surface area (Å²) in [7, 11) is 0. The molecule has 5 rings (SSSR count). The molecule has 2 aliphatic heterocycles. The van der Waals surface area contributed by atoms with Gasteiger partial charge in [-0.1, -0.05) is 22.0 Å². The van der Waals surface area contributed by atoms with Gasteiger partial charge in [0, 0.05) is 41.8 Å². The van der Waals surface area contributed by atoms with Gasteiger partial charge < -0.3 is 24.6 Å². The number of hydrogen-bond donors (Lipinski definition) is 1. The van der Waals surface area contributed by atoms with Crippen LogP contribution in [0.3, 0.4) is 0 Å². The zero-order valence-corrected chi connectivity index (χ0v) is 20.0. The minimum absolute atomic E-state index is 0.0395. The summed E-state index contributed by atoms with van der Waals surface area (Å²) in [6.45, 7) is 2.98. The molecule has 8 nitrogen and oxygen atoms in total. The van der Waals surface area contributed by atoms with E-state index in [2.05, 4.69) is 31.1 Å². The molecule has 0 aliphatic carbocycles. The van der Waals surface area contributed by atoms with E-state index in [4.69, 9.17) is 9.47 Å². The van der Waals surface area contributed by atoms with Crippen molar-refractivity contribution in [3.8, 4) is 11.5 Å². The van der Waals surface area contributed by atoms with Crippen LogP contribution in [0, 0.1) is 0 Å². The van der Waals surface area contributed by atoms with Crippen molar-refractivity contribution in [3.05, 3.63) is 76.4 Å². The summed E-state index contributed by atoms with van der Waals surface area (Å²) >= 11 is 3.43. The number of anilines is 2. The number of benzene rings is 2. The molecule has 0 radical (unpaired) electrons. The van der Waals surface area contributed by atoms with Gasteiger partial charge in [-0.05, 0) is 55.0 Å². The Kier molecular flexibility index (Phi) is 6.35. The maximum atomic E-state index is 12.9. The third kappa shape index (κ3) is 4.84. The van der Waals surface area contributed by atoms with Crippen LogP contribution in [0.5, 0.6) is 11.5 Å². The Morgan fingerprint density at radius 2 is 1.79 bits per heavy atom. The summed E-state index contributed by atoms with van der Waals surface area (Å²) < 4.78 is 11.5. The van der Waals surface area contributed by atoms with Gasteiger partial charge in [-0.2, -0.15) is 0 Å². The number of carbonyl (C=O) groups is 2. The number of nitrogens with one attached hydrogen (secondary N) is 1. The van der Waals surface area contributed by atoms with E-state index in [1.54, 1.807) is 24.4 Å². The smallest absolute Gasteiger partial charge is 0.255 e. The average Bonchev–Trinajstić information content (AvgIpc) is 3.19. The standard InChI is InChI=1S/C25H23BrN4O4/c26-19-4-1-3-18(13-19)25(32)30-10-2-9-29(11-12-30)23-8-6-20(15-27-23)28-24(31)17-5-7-21-22(14-17)34-16-33-21/h1,3-8,13-15H,2,9-12,16H2,(H,28,31). The molecular weight excluding hydrogens is 500 g/mol. The van der Waals surface area contributed by atoms with Gasteiger partial charge in [-0.3, -0.25) is 9.59 Å². The minimum Gasteiger partial charge on any atom is -0.454 e. The molecule has 34 heavy (non-hydrogen) atoms. The van der Waals surface area contributed by atoms with Gasteiger partial charge in [-0.15, -0.1) is 0 Å². The maximum absolute atomic E-state index is 12.9. The number of fused-ring (bicyclic) bond motifs is 1. The summed E-state index contributed by atoms with van der Waals surface area (Å²) in [4.78, 5) is 34.1. The molecule has 3 aromatic rings. The first-order valence-corrected chi connectivity index (χ1v) is 11.8. The molecule has 0 spiro atoms. The molecule has 1 saturated heterocycles. The van der Waals surface area contributed by atoms with E-state index < -0.39 is 0 Å². The van der Waals surface area contributed by atoms with E-state index in [1.807, 2.05) is 41.3 Å². The second-order valence-corrected chi connectivity index (χ2v) is 8.99. The molecule has 2 amide bonds. The van der Waals surface area contributed by atoms with E-state index in [9.17, 15) is 9.59 Å². The highest BCUT2D eigenvalue weighted by molar-refractivity contribution is 9.10. The minimum atomic E-state index is -0.246. The number of nitrogens with zero attached hydrogens (tertiary/aromatic N) is 3. The second-order valence-electron chi connectivity index (χ2n) is 8.07. The van der Waals surface area contributed by atoms with E-state index in [0.29, 0.717) is 47.9 Å². The van der Waals surface area contributed by atoms with Gasteiger partial charge in [0.1, 0.15) is 5.82 Å². The lowest BCUT2D eigenvalue weighted by molar-refractivity contribution is 0.0766. The van der Waals surface area contributed by atoms with Gasteiger partial charge in [-0.25, -0.2) is 4.98 Å². The highest BCUT2D eigenvalue weighted by Gasteiger charge is 2.21. The molecule has 1 fully saturated rings. The molecule has 0 saturated carbocycles. The Bertz CT molecular complexity index is 1220. The van der Waals surface area contributed by atoms with E-state index in [1.165, 1.54) is 0 Å². The molecule has 1 aromatic heterocycles. The number of pyridine rings is 1. The summed E-state index contributed by atoms with van der Waals surface area (Å²) in [5.41, 5.74) is 1.77. The molecule has 2 aliphatic rings. The Labute approximate surface area is 205 Å². The molecule has 1 N–H and O–H groups in total. The van der Waals surface area contributed by atoms with Gasteiger partial charge in [0.25, 0.3) is 11.8 Å². The molecule has 0 unspecified atom stereocenters. The van der Waals surface area contributed by atoms with Crippen LogP contribution >= 0.6 is 15.9 Å². The predicted molar refractivity (Wildman–Crippen MR) is 132 cm³/mol. The number of amides is 2. The number of ether oxygens (including phenoxy) is 2. The summed E-state index contributed by atoms with van der Waals surface area (Å²) in [5.74, 6) is 1.81. The fourth-order valence-corrected chi connectivity index (χ4v) is 4.44. The van der Waals surface area contributed by atoms with Crippen LogP contribution in [-0.4, -0.2) is 54.7 Å².